The third-order valence-corrected chi connectivity index (χ3v) is 4.98. The lowest BCUT2D eigenvalue weighted by Gasteiger charge is -2.39. The molecule has 4 nitrogen and oxygen atoms in total. The predicted octanol–water partition coefficient (Wildman–Crippen LogP) is 5.03. The Balaban J connectivity index is 1.62. The molecule has 1 heterocycles. The maximum absolute atomic E-state index is 12.4. The van der Waals surface area contributed by atoms with E-state index in [1.807, 2.05) is 44.2 Å². The summed E-state index contributed by atoms with van der Waals surface area (Å²) in [5, 5.41) is 0. The summed E-state index contributed by atoms with van der Waals surface area (Å²) in [6, 6.07) is 17.6. The second kappa shape index (κ2) is 7.81. The number of para-hydroxylation sites is 1. The van der Waals surface area contributed by atoms with Gasteiger partial charge in [0.25, 0.3) is 0 Å². The zero-order valence-corrected chi connectivity index (χ0v) is 15.8. The van der Waals surface area contributed by atoms with Crippen LogP contribution in [0.15, 0.2) is 54.6 Å². The number of amides is 1. The third kappa shape index (κ3) is 4.37. The Bertz CT molecular complexity index is 734. The highest BCUT2D eigenvalue weighted by Gasteiger charge is 2.34. The molecule has 3 rings (SSSR count). The van der Waals surface area contributed by atoms with Crippen LogP contribution < -0.4 is 9.47 Å². The minimum absolute atomic E-state index is 0.0415. The van der Waals surface area contributed by atoms with E-state index in [0.717, 1.165) is 18.6 Å². The van der Waals surface area contributed by atoms with Crippen molar-refractivity contribution >= 4 is 6.09 Å². The van der Waals surface area contributed by atoms with E-state index in [0.29, 0.717) is 18.8 Å². The van der Waals surface area contributed by atoms with Crippen LogP contribution in [0.4, 0.5) is 4.79 Å². The van der Waals surface area contributed by atoms with Crippen LogP contribution >= 0.6 is 0 Å². The average Bonchev–Trinajstić information content (AvgIpc) is 2.63. The molecule has 1 aliphatic heterocycles. The van der Waals surface area contributed by atoms with Crippen LogP contribution in [-0.2, 0) is 5.41 Å². The lowest BCUT2D eigenvalue weighted by molar-refractivity contribution is 0.125. The molecular weight excluding hydrogens is 326 g/mol. The van der Waals surface area contributed by atoms with E-state index in [2.05, 4.69) is 19.1 Å². The summed E-state index contributed by atoms with van der Waals surface area (Å²) in [4.78, 5) is 14.2. The first-order valence-corrected chi connectivity index (χ1v) is 9.25. The van der Waals surface area contributed by atoms with Crippen molar-refractivity contribution in [1.29, 1.82) is 0 Å². The van der Waals surface area contributed by atoms with Gasteiger partial charge in [0, 0.05) is 13.1 Å². The summed E-state index contributed by atoms with van der Waals surface area (Å²) in [7, 11) is 0. The maximum Gasteiger partial charge on any atom is 0.415 e. The Kier molecular flexibility index (Phi) is 5.50. The van der Waals surface area contributed by atoms with E-state index < -0.39 is 0 Å². The van der Waals surface area contributed by atoms with Crippen LogP contribution in [0, 0.1) is 0 Å². The highest BCUT2D eigenvalue weighted by molar-refractivity contribution is 5.70. The first-order chi connectivity index (χ1) is 12.5. The second-order valence-corrected chi connectivity index (χ2v) is 7.42. The molecule has 0 N–H and O–H groups in total. The zero-order valence-electron chi connectivity index (χ0n) is 15.8. The van der Waals surface area contributed by atoms with Crippen LogP contribution in [0.1, 0.15) is 39.2 Å². The van der Waals surface area contributed by atoms with Gasteiger partial charge in [0.2, 0.25) is 0 Å². The predicted molar refractivity (Wildman–Crippen MR) is 103 cm³/mol. The molecule has 0 radical (unpaired) electrons. The smallest absolute Gasteiger partial charge is 0.415 e. The van der Waals surface area contributed by atoms with E-state index in [1.54, 1.807) is 17.0 Å². The van der Waals surface area contributed by atoms with Crippen LogP contribution in [0.2, 0.25) is 0 Å². The molecule has 2 aromatic rings. The second-order valence-electron chi connectivity index (χ2n) is 7.42. The quantitative estimate of drug-likeness (QED) is 0.774. The molecule has 0 unspecified atom stereocenters. The van der Waals surface area contributed by atoms with Crippen molar-refractivity contribution in [1.82, 2.24) is 4.90 Å². The molecule has 0 aromatic heterocycles. The molecule has 138 valence electrons. The van der Waals surface area contributed by atoms with E-state index >= 15 is 0 Å². The number of carbonyl (C=O) groups excluding carboxylic acids is 1. The SMILES string of the molecule is CC(C)Oc1cccc(C2(C)CCN(C(=O)Oc3ccccc3)CC2)c1. The Morgan fingerprint density at radius 3 is 2.31 bits per heavy atom. The summed E-state index contributed by atoms with van der Waals surface area (Å²) >= 11 is 0. The van der Waals surface area contributed by atoms with Crippen molar-refractivity contribution in [3.8, 4) is 11.5 Å². The first-order valence-electron chi connectivity index (χ1n) is 9.25. The fourth-order valence-corrected chi connectivity index (χ4v) is 3.34. The van der Waals surface area contributed by atoms with Crippen LogP contribution in [-0.4, -0.2) is 30.2 Å². The molecular formula is C22H27NO3. The summed E-state index contributed by atoms with van der Waals surface area (Å²) in [6.45, 7) is 7.71. The number of hydrogen-bond acceptors (Lipinski definition) is 3. The molecule has 2 aromatic carbocycles. The molecule has 1 saturated heterocycles. The molecule has 1 fully saturated rings. The number of hydrogen-bond donors (Lipinski definition) is 0. The summed E-state index contributed by atoms with van der Waals surface area (Å²) in [6.07, 6.45) is 1.70. The van der Waals surface area contributed by atoms with Gasteiger partial charge in [-0.05, 0) is 61.9 Å². The van der Waals surface area contributed by atoms with Gasteiger partial charge < -0.3 is 14.4 Å². The number of rotatable bonds is 4. The van der Waals surface area contributed by atoms with Gasteiger partial charge in [0.15, 0.2) is 0 Å². The van der Waals surface area contributed by atoms with Crippen molar-refractivity contribution < 1.29 is 14.3 Å². The monoisotopic (exact) mass is 353 g/mol. The van der Waals surface area contributed by atoms with Gasteiger partial charge in [-0.1, -0.05) is 37.3 Å². The highest BCUT2D eigenvalue weighted by Crippen LogP contribution is 2.36. The molecule has 1 amide bonds. The number of carbonyl (C=O) groups is 1. The summed E-state index contributed by atoms with van der Waals surface area (Å²) in [5.41, 5.74) is 1.31. The Labute approximate surface area is 155 Å². The van der Waals surface area contributed by atoms with Gasteiger partial charge in [-0.2, -0.15) is 0 Å². The van der Waals surface area contributed by atoms with Gasteiger partial charge in [-0.15, -0.1) is 0 Å². The number of piperidine rings is 1. The van der Waals surface area contributed by atoms with Crippen molar-refractivity contribution in [2.75, 3.05) is 13.1 Å². The zero-order chi connectivity index (χ0) is 18.6. The number of ether oxygens (including phenoxy) is 2. The first kappa shape index (κ1) is 18.3. The molecule has 0 bridgehead atoms. The van der Waals surface area contributed by atoms with E-state index in [4.69, 9.17) is 9.47 Å². The van der Waals surface area contributed by atoms with Gasteiger partial charge in [-0.25, -0.2) is 4.79 Å². The van der Waals surface area contributed by atoms with E-state index in [9.17, 15) is 4.79 Å². The molecule has 0 aliphatic carbocycles. The summed E-state index contributed by atoms with van der Waals surface area (Å²) in [5.74, 6) is 1.49. The van der Waals surface area contributed by atoms with Crippen LogP contribution in [0.3, 0.4) is 0 Å². The minimum atomic E-state index is -0.268. The lowest BCUT2D eigenvalue weighted by Crippen LogP contribution is -2.45. The van der Waals surface area contributed by atoms with Gasteiger partial charge >= 0.3 is 6.09 Å². The topological polar surface area (TPSA) is 38.8 Å². The van der Waals surface area contributed by atoms with Crippen molar-refractivity contribution in [3.63, 3.8) is 0 Å². The average molecular weight is 353 g/mol. The third-order valence-electron chi connectivity index (χ3n) is 4.98. The largest absolute Gasteiger partial charge is 0.491 e. The molecule has 26 heavy (non-hydrogen) atoms. The van der Waals surface area contributed by atoms with Crippen molar-refractivity contribution in [2.45, 2.75) is 45.1 Å². The standard InChI is InChI=1S/C22H27NO3/c1-17(2)25-20-11-7-8-18(16-20)22(3)12-14-23(15-13-22)21(24)26-19-9-5-4-6-10-19/h4-11,16-17H,12-15H2,1-3H3. The van der Waals surface area contributed by atoms with Gasteiger partial charge in [0.05, 0.1) is 6.10 Å². The van der Waals surface area contributed by atoms with Crippen molar-refractivity contribution in [2.24, 2.45) is 0 Å². The van der Waals surface area contributed by atoms with E-state index in [-0.39, 0.29) is 17.6 Å². The maximum atomic E-state index is 12.4. The molecule has 0 spiro atoms. The van der Waals surface area contributed by atoms with Crippen LogP contribution in [0.25, 0.3) is 0 Å². The van der Waals surface area contributed by atoms with Gasteiger partial charge in [0.1, 0.15) is 11.5 Å². The Morgan fingerprint density at radius 2 is 1.65 bits per heavy atom. The van der Waals surface area contributed by atoms with Gasteiger partial charge in [-0.3, -0.25) is 0 Å². The highest BCUT2D eigenvalue weighted by atomic mass is 16.6. The minimum Gasteiger partial charge on any atom is -0.491 e. The molecule has 4 heteroatoms. The Morgan fingerprint density at radius 1 is 1.00 bits per heavy atom. The Hall–Kier alpha value is -2.49. The van der Waals surface area contributed by atoms with E-state index in [1.165, 1.54) is 5.56 Å². The summed E-state index contributed by atoms with van der Waals surface area (Å²) < 4.78 is 11.3. The normalized spacial score (nSPS) is 16.4. The fraction of sp³-hybridized carbons (Fsp3) is 0.409. The molecule has 1 aliphatic rings. The van der Waals surface area contributed by atoms with Crippen molar-refractivity contribution in [3.05, 3.63) is 60.2 Å². The molecule has 0 atom stereocenters. The lowest BCUT2D eigenvalue weighted by atomic mass is 9.74. The van der Waals surface area contributed by atoms with Crippen LogP contribution in [0.5, 0.6) is 11.5 Å². The number of nitrogens with zero attached hydrogens (tertiary/aromatic N) is 1. The molecule has 0 saturated carbocycles. The fourth-order valence-electron chi connectivity index (χ4n) is 3.34. The number of benzene rings is 2. The number of likely N-dealkylation sites (tertiary alicyclic amines) is 1.